The van der Waals surface area contributed by atoms with Gasteiger partial charge in [0.2, 0.25) is 0 Å². The molecule has 26 heavy (non-hydrogen) atoms. The van der Waals surface area contributed by atoms with Crippen molar-refractivity contribution in [1.29, 1.82) is 0 Å². The number of fused-ring (bicyclic) bond motifs is 1. The van der Waals surface area contributed by atoms with E-state index in [0.717, 1.165) is 16.9 Å². The molecule has 0 saturated carbocycles. The van der Waals surface area contributed by atoms with Gasteiger partial charge in [0, 0.05) is 32.4 Å². The molecule has 2 aromatic heterocycles. The molecule has 1 aromatic carbocycles. The van der Waals surface area contributed by atoms with E-state index in [1.807, 2.05) is 52.4 Å². The van der Waals surface area contributed by atoms with E-state index in [9.17, 15) is 9.18 Å². The average Bonchev–Trinajstić information content (AvgIpc) is 2.99. The number of nitrogens with zero attached hydrogens (tertiary/aromatic N) is 4. The Kier molecular flexibility index (Phi) is 4.11. The Morgan fingerprint density at radius 2 is 1.77 bits per heavy atom. The minimum atomic E-state index is -0.222. The van der Waals surface area contributed by atoms with Crippen LogP contribution < -0.4 is 4.90 Å². The first-order chi connectivity index (χ1) is 12.6. The van der Waals surface area contributed by atoms with Crippen molar-refractivity contribution in [1.82, 2.24) is 14.3 Å². The normalized spacial score (nSPS) is 14.9. The zero-order valence-electron chi connectivity index (χ0n) is 14.9. The van der Waals surface area contributed by atoms with E-state index in [4.69, 9.17) is 0 Å². The quantitative estimate of drug-likeness (QED) is 0.712. The number of aryl methyl sites for hydroxylation is 2. The van der Waals surface area contributed by atoms with Crippen molar-refractivity contribution in [3.05, 3.63) is 65.4 Å². The van der Waals surface area contributed by atoms with Gasteiger partial charge in [-0.25, -0.2) is 9.37 Å². The Morgan fingerprint density at radius 3 is 2.50 bits per heavy atom. The molecule has 5 nitrogen and oxygen atoms in total. The summed E-state index contributed by atoms with van der Waals surface area (Å²) >= 11 is 0. The Bertz CT molecular complexity index is 973. The molecule has 1 saturated heterocycles. The van der Waals surface area contributed by atoms with Crippen LogP contribution in [0.4, 0.5) is 10.1 Å². The van der Waals surface area contributed by atoms with Gasteiger partial charge in [0.1, 0.15) is 17.2 Å². The molecule has 0 atom stereocenters. The highest BCUT2D eigenvalue weighted by Gasteiger charge is 2.27. The number of para-hydroxylation sites is 1. The van der Waals surface area contributed by atoms with Crippen molar-refractivity contribution >= 4 is 17.2 Å². The van der Waals surface area contributed by atoms with Gasteiger partial charge in [-0.05, 0) is 37.6 Å². The lowest BCUT2D eigenvalue weighted by atomic mass is 10.2. The van der Waals surface area contributed by atoms with Crippen LogP contribution in [0.1, 0.15) is 21.7 Å². The maximum atomic E-state index is 14.0. The number of halogens is 1. The van der Waals surface area contributed by atoms with Gasteiger partial charge in [-0.2, -0.15) is 0 Å². The third-order valence-corrected chi connectivity index (χ3v) is 4.98. The molecule has 0 radical (unpaired) electrons. The lowest BCUT2D eigenvalue weighted by molar-refractivity contribution is 0.0739. The number of carbonyl (C=O) groups excluding carboxylic acids is 1. The van der Waals surface area contributed by atoms with Gasteiger partial charge in [0.15, 0.2) is 0 Å². The molecule has 3 heterocycles. The van der Waals surface area contributed by atoms with Crippen molar-refractivity contribution in [3.8, 4) is 0 Å². The van der Waals surface area contributed by atoms with Gasteiger partial charge in [0.25, 0.3) is 5.91 Å². The zero-order chi connectivity index (χ0) is 18.3. The summed E-state index contributed by atoms with van der Waals surface area (Å²) in [6.45, 7) is 6.21. The van der Waals surface area contributed by atoms with Crippen LogP contribution in [0.25, 0.3) is 5.65 Å². The highest BCUT2D eigenvalue weighted by atomic mass is 19.1. The summed E-state index contributed by atoms with van der Waals surface area (Å²) in [5.41, 5.74) is 3.81. The predicted octanol–water partition coefficient (Wildman–Crippen LogP) is 3.05. The van der Waals surface area contributed by atoms with Crippen LogP contribution in [-0.4, -0.2) is 46.4 Å². The van der Waals surface area contributed by atoms with Crippen LogP contribution in [0.2, 0.25) is 0 Å². The van der Waals surface area contributed by atoms with Crippen molar-refractivity contribution in [2.45, 2.75) is 13.8 Å². The largest absolute Gasteiger partial charge is 0.366 e. The number of imidazole rings is 1. The number of piperazine rings is 1. The molecule has 3 aromatic rings. The second kappa shape index (κ2) is 6.44. The summed E-state index contributed by atoms with van der Waals surface area (Å²) in [6, 6.07) is 10.7. The van der Waals surface area contributed by atoms with Gasteiger partial charge >= 0.3 is 0 Å². The first-order valence-corrected chi connectivity index (χ1v) is 8.79. The van der Waals surface area contributed by atoms with E-state index < -0.39 is 0 Å². The van der Waals surface area contributed by atoms with Crippen LogP contribution >= 0.6 is 0 Å². The van der Waals surface area contributed by atoms with Gasteiger partial charge in [0.05, 0.1) is 11.4 Å². The molecule has 134 valence electrons. The first-order valence-electron chi connectivity index (χ1n) is 8.79. The van der Waals surface area contributed by atoms with Gasteiger partial charge in [-0.1, -0.05) is 18.2 Å². The molecule has 4 rings (SSSR count). The van der Waals surface area contributed by atoms with Crippen molar-refractivity contribution < 1.29 is 9.18 Å². The van der Waals surface area contributed by atoms with Crippen LogP contribution in [0.5, 0.6) is 0 Å². The Hall–Kier alpha value is -2.89. The van der Waals surface area contributed by atoms with E-state index in [1.54, 1.807) is 12.1 Å². The maximum Gasteiger partial charge on any atom is 0.272 e. The van der Waals surface area contributed by atoms with Crippen LogP contribution in [0, 0.1) is 19.7 Å². The van der Waals surface area contributed by atoms with E-state index in [2.05, 4.69) is 4.98 Å². The lowest BCUT2D eigenvalue weighted by Gasteiger charge is -2.36. The summed E-state index contributed by atoms with van der Waals surface area (Å²) in [7, 11) is 0. The molecule has 0 unspecified atom stereocenters. The standard InChI is InChI=1S/C20H21FN4O/c1-14-6-5-9-25-18(15(2)22-19(14)25)20(26)24-12-10-23(11-13-24)17-8-4-3-7-16(17)21/h3-9H,10-13H2,1-2H3. The van der Waals surface area contributed by atoms with E-state index in [0.29, 0.717) is 37.6 Å². The van der Waals surface area contributed by atoms with Gasteiger partial charge < -0.3 is 9.80 Å². The Balaban J connectivity index is 1.55. The predicted molar refractivity (Wildman–Crippen MR) is 99.2 cm³/mol. The number of amides is 1. The highest BCUT2D eigenvalue weighted by Crippen LogP contribution is 2.22. The Labute approximate surface area is 151 Å². The molecular weight excluding hydrogens is 331 g/mol. The van der Waals surface area contributed by atoms with Crippen LogP contribution in [0.15, 0.2) is 42.6 Å². The Morgan fingerprint density at radius 1 is 1.04 bits per heavy atom. The maximum absolute atomic E-state index is 14.0. The van der Waals surface area contributed by atoms with Gasteiger partial charge in [-0.3, -0.25) is 9.20 Å². The SMILES string of the molecule is Cc1nc2c(C)cccn2c1C(=O)N1CCN(c2ccccc2F)CC1. The minimum Gasteiger partial charge on any atom is -0.366 e. The number of carbonyl (C=O) groups is 1. The molecule has 0 bridgehead atoms. The number of benzene rings is 1. The fourth-order valence-corrected chi connectivity index (χ4v) is 3.58. The summed E-state index contributed by atoms with van der Waals surface area (Å²) in [5, 5.41) is 0. The molecule has 1 aliphatic heterocycles. The number of anilines is 1. The second-order valence-electron chi connectivity index (χ2n) is 6.66. The number of hydrogen-bond acceptors (Lipinski definition) is 3. The topological polar surface area (TPSA) is 40.9 Å². The number of pyridine rings is 1. The molecule has 1 amide bonds. The van der Waals surface area contributed by atoms with Crippen LogP contribution in [-0.2, 0) is 0 Å². The second-order valence-corrected chi connectivity index (χ2v) is 6.66. The van der Waals surface area contributed by atoms with Crippen molar-refractivity contribution in [2.24, 2.45) is 0 Å². The monoisotopic (exact) mass is 352 g/mol. The van der Waals surface area contributed by atoms with E-state index in [-0.39, 0.29) is 11.7 Å². The summed E-state index contributed by atoms with van der Waals surface area (Å²) in [6.07, 6.45) is 1.88. The molecule has 6 heteroatoms. The summed E-state index contributed by atoms with van der Waals surface area (Å²) < 4.78 is 15.9. The molecule has 0 spiro atoms. The fraction of sp³-hybridized carbons (Fsp3) is 0.300. The molecular formula is C20H21FN4O. The van der Waals surface area contributed by atoms with Crippen molar-refractivity contribution in [2.75, 3.05) is 31.1 Å². The minimum absolute atomic E-state index is 0.0196. The average molecular weight is 352 g/mol. The molecule has 0 N–H and O–H groups in total. The number of aromatic nitrogens is 2. The van der Waals surface area contributed by atoms with Gasteiger partial charge in [-0.15, -0.1) is 0 Å². The highest BCUT2D eigenvalue weighted by molar-refractivity contribution is 5.95. The summed E-state index contributed by atoms with van der Waals surface area (Å²) in [5.74, 6) is -0.242. The molecule has 1 fully saturated rings. The summed E-state index contributed by atoms with van der Waals surface area (Å²) in [4.78, 5) is 21.5. The number of hydrogen-bond donors (Lipinski definition) is 0. The fourth-order valence-electron chi connectivity index (χ4n) is 3.58. The first kappa shape index (κ1) is 16.6. The van der Waals surface area contributed by atoms with Crippen LogP contribution in [0.3, 0.4) is 0 Å². The zero-order valence-corrected chi connectivity index (χ0v) is 14.9. The molecule has 1 aliphatic rings. The number of rotatable bonds is 2. The smallest absolute Gasteiger partial charge is 0.272 e. The third kappa shape index (κ3) is 2.71. The molecule has 0 aliphatic carbocycles. The van der Waals surface area contributed by atoms with E-state index in [1.165, 1.54) is 6.07 Å². The van der Waals surface area contributed by atoms with E-state index >= 15 is 0 Å². The third-order valence-electron chi connectivity index (χ3n) is 4.98. The van der Waals surface area contributed by atoms with Crippen molar-refractivity contribution in [3.63, 3.8) is 0 Å². The lowest BCUT2D eigenvalue weighted by Crippen LogP contribution is -2.49.